The van der Waals surface area contributed by atoms with E-state index in [1.807, 2.05) is 30.5 Å². The number of nitrogen functional groups attached to an aromatic ring is 1. The van der Waals surface area contributed by atoms with Crippen LogP contribution in [0.2, 0.25) is 0 Å². The topological polar surface area (TPSA) is 89.4 Å². The molecule has 0 bridgehead atoms. The first-order chi connectivity index (χ1) is 14.3. The second kappa shape index (κ2) is 7.69. The van der Waals surface area contributed by atoms with E-state index in [9.17, 15) is 0 Å². The summed E-state index contributed by atoms with van der Waals surface area (Å²) in [6.45, 7) is 5.52. The molecule has 0 amide bonds. The smallest absolute Gasteiger partial charge is 0.292 e. The molecule has 0 unspecified atom stereocenters. The van der Waals surface area contributed by atoms with Crippen LogP contribution in [-0.4, -0.2) is 54.3 Å². The van der Waals surface area contributed by atoms with Crippen LogP contribution in [0, 0.1) is 0 Å². The van der Waals surface area contributed by atoms with E-state index < -0.39 is 0 Å². The second-order valence-electron chi connectivity index (χ2n) is 7.21. The van der Waals surface area contributed by atoms with Crippen LogP contribution >= 0.6 is 0 Å². The fourth-order valence-electron chi connectivity index (χ4n) is 3.78. The molecular formula is C22H23N5O2. The summed E-state index contributed by atoms with van der Waals surface area (Å²) < 4.78 is 10.8. The number of ether oxygens (including phenoxy) is 1. The van der Waals surface area contributed by atoms with Gasteiger partial charge in [0.15, 0.2) is 5.58 Å². The van der Waals surface area contributed by atoms with E-state index in [4.69, 9.17) is 14.9 Å². The molecule has 2 aromatic carbocycles. The second-order valence-corrected chi connectivity index (χ2v) is 7.21. The zero-order valence-electron chi connectivity index (χ0n) is 16.1. The summed E-state index contributed by atoms with van der Waals surface area (Å²) in [4.78, 5) is 11.2. The Balaban J connectivity index is 1.41. The fraction of sp³-hybridized carbons (Fsp3) is 0.273. The maximum absolute atomic E-state index is 5.67. The van der Waals surface area contributed by atoms with Crippen molar-refractivity contribution in [1.29, 1.82) is 0 Å². The summed E-state index contributed by atoms with van der Waals surface area (Å²) in [7, 11) is 0. The highest BCUT2D eigenvalue weighted by Crippen LogP contribution is 2.30. The lowest BCUT2D eigenvalue weighted by Gasteiger charge is -2.26. The Morgan fingerprint density at radius 2 is 1.83 bits per heavy atom. The van der Waals surface area contributed by atoms with E-state index in [1.54, 1.807) is 0 Å². The SMILES string of the molecule is Nc1nc2cc(-c3ccc4nccc(NCCN5CCOCC5)c4c3)ccc2o1. The van der Waals surface area contributed by atoms with Crippen molar-refractivity contribution in [1.82, 2.24) is 14.9 Å². The van der Waals surface area contributed by atoms with Gasteiger partial charge in [0.25, 0.3) is 6.01 Å². The molecule has 0 atom stereocenters. The molecule has 1 aliphatic heterocycles. The summed E-state index contributed by atoms with van der Waals surface area (Å²) in [5.41, 5.74) is 11.4. The van der Waals surface area contributed by atoms with E-state index in [0.29, 0.717) is 5.58 Å². The molecule has 4 aromatic rings. The standard InChI is InChI=1S/C22H23N5O2/c23-22-26-20-14-16(2-4-21(20)29-22)15-1-3-18-17(13-15)19(5-6-24-18)25-7-8-27-9-11-28-12-10-27/h1-6,13-14H,7-12H2,(H2,23,26)(H,24,25). The van der Waals surface area contributed by atoms with Crippen LogP contribution in [0.25, 0.3) is 33.1 Å². The minimum absolute atomic E-state index is 0.187. The number of benzene rings is 2. The largest absolute Gasteiger partial charge is 0.424 e. The number of anilines is 2. The average molecular weight is 389 g/mol. The molecular weight excluding hydrogens is 366 g/mol. The van der Waals surface area contributed by atoms with Crippen molar-refractivity contribution in [3.63, 3.8) is 0 Å². The summed E-state index contributed by atoms with van der Waals surface area (Å²) in [5, 5.41) is 4.68. The van der Waals surface area contributed by atoms with Gasteiger partial charge in [0, 0.05) is 43.4 Å². The van der Waals surface area contributed by atoms with Crippen molar-refractivity contribution >= 4 is 33.7 Å². The first-order valence-electron chi connectivity index (χ1n) is 9.85. The number of aromatic nitrogens is 2. The van der Waals surface area contributed by atoms with Crippen LogP contribution in [0.1, 0.15) is 0 Å². The summed E-state index contributed by atoms with van der Waals surface area (Å²) in [5.74, 6) is 0. The Morgan fingerprint density at radius 3 is 2.72 bits per heavy atom. The van der Waals surface area contributed by atoms with Gasteiger partial charge in [-0.05, 0) is 41.5 Å². The van der Waals surface area contributed by atoms with E-state index in [-0.39, 0.29) is 6.01 Å². The zero-order chi connectivity index (χ0) is 19.6. The third kappa shape index (κ3) is 3.74. The molecule has 1 aliphatic rings. The lowest BCUT2D eigenvalue weighted by Crippen LogP contribution is -2.39. The van der Waals surface area contributed by atoms with Gasteiger partial charge in [-0.15, -0.1) is 0 Å². The molecule has 1 saturated heterocycles. The van der Waals surface area contributed by atoms with Crippen molar-refractivity contribution in [3.05, 3.63) is 48.7 Å². The molecule has 0 spiro atoms. The average Bonchev–Trinajstić information content (AvgIpc) is 3.13. The molecule has 2 aromatic heterocycles. The predicted octanol–water partition coefficient (Wildman–Crippen LogP) is 3.37. The van der Waals surface area contributed by atoms with Gasteiger partial charge in [-0.3, -0.25) is 9.88 Å². The number of hydrogen-bond donors (Lipinski definition) is 2. The van der Waals surface area contributed by atoms with E-state index in [0.717, 1.165) is 72.6 Å². The van der Waals surface area contributed by atoms with Crippen molar-refractivity contribution in [2.75, 3.05) is 50.4 Å². The van der Waals surface area contributed by atoms with E-state index >= 15 is 0 Å². The normalized spacial score (nSPS) is 15.2. The quantitative estimate of drug-likeness (QED) is 0.541. The minimum Gasteiger partial charge on any atom is -0.424 e. The van der Waals surface area contributed by atoms with Crippen LogP contribution in [0.3, 0.4) is 0 Å². The monoisotopic (exact) mass is 389 g/mol. The highest BCUT2D eigenvalue weighted by Gasteiger charge is 2.11. The number of fused-ring (bicyclic) bond motifs is 2. The van der Waals surface area contributed by atoms with E-state index in [2.05, 4.69) is 38.4 Å². The molecule has 3 heterocycles. The molecule has 7 nitrogen and oxygen atoms in total. The maximum Gasteiger partial charge on any atom is 0.292 e. The van der Waals surface area contributed by atoms with Gasteiger partial charge in [0.05, 0.1) is 18.7 Å². The van der Waals surface area contributed by atoms with Crippen LogP contribution < -0.4 is 11.1 Å². The predicted molar refractivity (Wildman–Crippen MR) is 115 cm³/mol. The summed E-state index contributed by atoms with van der Waals surface area (Å²) in [6.07, 6.45) is 1.85. The Hall–Kier alpha value is -3.16. The highest BCUT2D eigenvalue weighted by atomic mass is 16.5. The number of rotatable bonds is 5. The first-order valence-corrected chi connectivity index (χ1v) is 9.85. The van der Waals surface area contributed by atoms with Gasteiger partial charge in [-0.1, -0.05) is 12.1 Å². The minimum atomic E-state index is 0.187. The van der Waals surface area contributed by atoms with Gasteiger partial charge in [0.1, 0.15) is 5.52 Å². The molecule has 1 fully saturated rings. The van der Waals surface area contributed by atoms with Crippen LogP contribution in [0.15, 0.2) is 53.1 Å². The molecule has 148 valence electrons. The molecule has 29 heavy (non-hydrogen) atoms. The number of oxazole rings is 1. The third-order valence-electron chi connectivity index (χ3n) is 5.33. The van der Waals surface area contributed by atoms with Crippen molar-refractivity contribution in [3.8, 4) is 11.1 Å². The van der Waals surface area contributed by atoms with Gasteiger partial charge in [-0.25, -0.2) is 0 Å². The first kappa shape index (κ1) is 17.9. The number of pyridine rings is 1. The third-order valence-corrected chi connectivity index (χ3v) is 5.33. The van der Waals surface area contributed by atoms with Crippen molar-refractivity contribution < 1.29 is 9.15 Å². The molecule has 0 saturated carbocycles. The van der Waals surface area contributed by atoms with Gasteiger partial charge >= 0.3 is 0 Å². The Morgan fingerprint density at radius 1 is 1.00 bits per heavy atom. The molecule has 0 radical (unpaired) electrons. The van der Waals surface area contributed by atoms with Crippen molar-refractivity contribution in [2.24, 2.45) is 0 Å². The number of nitrogens with two attached hydrogens (primary N) is 1. The van der Waals surface area contributed by atoms with Crippen LogP contribution in [0.4, 0.5) is 11.7 Å². The Bertz CT molecular complexity index is 1150. The maximum atomic E-state index is 5.67. The summed E-state index contributed by atoms with van der Waals surface area (Å²) >= 11 is 0. The number of hydrogen-bond acceptors (Lipinski definition) is 7. The number of nitrogens with zero attached hydrogens (tertiary/aromatic N) is 3. The lowest BCUT2D eigenvalue weighted by atomic mass is 10.0. The Kier molecular flexibility index (Phi) is 4.75. The fourth-order valence-corrected chi connectivity index (χ4v) is 3.78. The highest BCUT2D eigenvalue weighted by molar-refractivity contribution is 5.95. The van der Waals surface area contributed by atoms with Crippen molar-refractivity contribution in [2.45, 2.75) is 0 Å². The lowest BCUT2D eigenvalue weighted by molar-refractivity contribution is 0.0398. The number of nitrogens with one attached hydrogen (secondary N) is 1. The zero-order valence-corrected chi connectivity index (χ0v) is 16.1. The molecule has 0 aliphatic carbocycles. The Labute approximate surface area is 168 Å². The van der Waals surface area contributed by atoms with Crippen LogP contribution in [0.5, 0.6) is 0 Å². The summed E-state index contributed by atoms with van der Waals surface area (Å²) in [6, 6.07) is 14.5. The van der Waals surface area contributed by atoms with E-state index in [1.165, 1.54) is 0 Å². The number of morpholine rings is 1. The van der Waals surface area contributed by atoms with Gasteiger partial charge in [0.2, 0.25) is 0 Å². The van der Waals surface area contributed by atoms with Gasteiger partial charge in [-0.2, -0.15) is 4.98 Å². The molecule has 5 rings (SSSR count). The molecule has 7 heteroatoms. The van der Waals surface area contributed by atoms with Gasteiger partial charge < -0.3 is 20.2 Å². The molecule has 3 N–H and O–H groups in total. The van der Waals surface area contributed by atoms with Crippen LogP contribution in [-0.2, 0) is 4.74 Å².